The number of hydrogen-bond donors (Lipinski definition) is 1. The number of rotatable bonds is 6. The second kappa shape index (κ2) is 8.72. The summed E-state index contributed by atoms with van der Waals surface area (Å²) in [7, 11) is 0. The molecule has 160 valence electrons. The lowest BCUT2D eigenvalue weighted by Crippen LogP contribution is -2.26. The van der Waals surface area contributed by atoms with E-state index < -0.39 is 5.97 Å². The van der Waals surface area contributed by atoms with Crippen LogP contribution in [0.15, 0.2) is 46.7 Å². The van der Waals surface area contributed by atoms with Gasteiger partial charge in [-0.05, 0) is 56.5 Å². The number of nitrogens with zero attached hydrogens (tertiary/aromatic N) is 1. The number of thioether (sulfide) groups is 1. The number of ether oxygens (including phenoxy) is 1. The molecule has 3 aromatic rings. The molecule has 31 heavy (non-hydrogen) atoms. The van der Waals surface area contributed by atoms with Crippen molar-refractivity contribution >= 4 is 46.4 Å². The quantitative estimate of drug-likeness (QED) is 0.432. The molecule has 0 radical (unpaired) electrons. The van der Waals surface area contributed by atoms with Crippen molar-refractivity contribution in [3.8, 4) is 0 Å². The molecule has 3 heterocycles. The summed E-state index contributed by atoms with van der Waals surface area (Å²) in [4.78, 5) is 39.2. The Morgan fingerprint density at radius 1 is 1.19 bits per heavy atom. The van der Waals surface area contributed by atoms with Gasteiger partial charge in [-0.1, -0.05) is 6.07 Å². The van der Waals surface area contributed by atoms with Crippen molar-refractivity contribution in [3.05, 3.63) is 69.2 Å². The average molecular weight is 455 g/mol. The molecular formula is C23H22N2O4S2. The van der Waals surface area contributed by atoms with Crippen molar-refractivity contribution in [2.75, 3.05) is 11.9 Å². The normalized spacial score (nSPS) is 15.3. The summed E-state index contributed by atoms with van der Waals surface area (Å²) in [5.74, 6) is -0.938. The van der Waals surface area contributed by atoms with Crippen LogP contribution in [-0.4, -0.2) is 34.1 Å². The Balaban J connectivity index is 1.43. The summed E-state index contributed by atoms with van der Waals surface area (Å²) in [5, 5.41) is 4.64. The molecule has 1 aliphatic heterocycles. The van der Waals surface area contributed by atoms with Crippen molar-refractivity contribution in [2.45, 2.75) is 37.5 Å². The number of Topliss-reactive ketones (excluding diaryl/α,β-unsaturated/α-hetero) is 1. The van der Waals surface area contributed by atoms with E-state index in [9.17, 15) is 14.4 Å². The third kappa shape index (κ3) is 4.45. The van der Waals surface area contributed by atoms with Gasteiger partial charge in [0.2, 0.25) is 11.7 Å². The van der Waals surface area contributed by atoms with Crippen LogP contribution in [-0.2, 0) is 16.1 Å². The summed E-state index contributed by atoms with van der Waals surface area (Å²) in [6.45, 7) is 6.07. The Morgan fingerprint density at radius 2 is 2.00 bits per heavy atom. The van der Waals surface area contributed by atoms with E-state index in [0.29, 0.717) is 23.4 Å². The Kier molecular flexibility index (Phi) is 6.02. The molecule has 1 unspecified atom stereocenters. The molecule has 0 saturated carbocycles. The third-order valence-corrected chi connectivity index (χ3v) is 7.29. The van der Waals surface area contributed by atoms with Gasteiger partial charge in [0.05, 0.1) is 23.0 Å². The fourth-order valence-corrected chi connectivity index (χ4v) is 5.14. The number of carbonyl (C=O) groups excluding carboxylic acids is 3. The Morgan fingerprint density at radius 3 is 2.74 bits per heavy atom. The van der Waals surface area contributed by atoms with Crippen LogP contribution in [0.5, 0.6) is 0 Å². The predicted molar refractivity (Wildman–Crippen MR) is 122 cm³/mol. The van der Waals surface area contributed by atoms with Crippen molar-refractivity contribution in [3.63, 3.8) is 0 Å². The fraction of sp³-hybridized carbons (Fsp3) is 0.261. The summed E-state index contributed by atoms with van der Waals surface area (Å²) < 4.78 is 7.37. The van der Waals surface area contributed by atoms with Gasteiger partial charge < -0.3 is 14.6 Å². The number of thiophene rings is 1. The molecule has 1 aliphatic rings. The molecular weight excluding hydrogens is 432 g/mol. The van der Waals surface area contributed by atoms with E-state index in [0.717, 1.165) is 16.3 Å². The Hall–Kier alpha value is -2.84. The van der Waals surface area contributed by atoms with Crippen LogP contribution in [0.4, 0.5) is 5.69 Å². The van der Waals surface area contributed by atoms with E-state index in [1.807, 2.05) is 38.3 Å². The van der Waals surface area contributed by atoms with E-state index in [1.54, 1.807) is 29.5 Å². The Labute approximate surface area is 188 Å². The van der Waals surface area contributed by atoms with Gasteiger partial charge >= 0.3 is 5.97 Å². The largest absolute Gasteiger partial charge is 0.454 e. The highest BCUT2D eigenvalue weighted by atomic mass is 32.2. The standard InChI is InChI=1S/C23H22N2O4S2/c1-13-9-18(14(2)25(13)11-17-5-4-8-30-17)20(26)12-29-23(28)16-6-7-21-19(10-16)24-22(27)15(3)31-21/h4-10,15H,11-12H2,1-3H3,(H,24,27). The maximum atomic E-state index is 12.7. The molecule has 0 fully saturated rings. The van der Waals surface area contributed by atoms with E-state index in [4.69, 9.17) is 4.74 Å². The van der Waals surface area contributed by atoms with Gasteiger partial charge in [0.25, 0.3) is 0 Å². The van der Waals surface area contributed by atoms with E-state index in [2.05, 4.69) is 16.0 Å². The summed E-state index contributed by atoms with van der Waals surface area (Å²) in [5.41, 5.74) is 3.29. The SMILES string of the molecule is Cc1cc(C(=O)COC(=O)c2ccc3c(c2)NC(=O)C(C)S3)c(C)n1Cc1cccs1. The first-order chi connectivity index (χ1) is 14.8. The number of esters is 1. The molecule has 8 heteroatoms. The minimum absolute atomic E-state index is 0.101. The molecule has 1 atom stereocenters. The topological polar surface area (TPSA) is 77.4 Å². The van der Waals surface area contributed by atoms with Gasteiger partial charge in [-0.2, -0.15) is 0 Å². The van der Waals surface area contributed by atoms with Crippen LogP contribution in [0.3, 0.4) is 0 Å². The lowest BCUT2D eigenvalue weighted by molar-refractivity contribution is -0.115. The molecule has 6 nitrogen and oxygen atoms in total. The Bertz CT molecular complexity index is 1160. The van der Waals surface area contributed by atoms with Crippen LogP contribution >= 0.6 is 23.1 Å². The predicted octanol–water partition coefficient (Wildman–Crippen LogP) is 4.69. The molecule has 0 spiro atoms. The monoisotopic (exact) mass is 454 g/mol. The lowest BCUT2D eigenvalue weighted by atomic mass is 10.1. The van der Waals surface area contributed by atoms with E-state index >= 15 is 0 Å². The van der Waals surface area contributed by atoms with Gasteiger partial charge in [0, 0.05) is 26.7 Å². The van der Waals surface area contributed by atoms with Crippen LogP contribution in [0.1, 0.15) is 43.9 Å². The van der Waals surface area contributed by atoms with Crippen LogP contribution < -0.4 is 5.32 Å². The fourth-order valence-electron chi connectivity index (χ4n) is 3.51. The summed E-state index contributed by atoms with van der Waals surface area (Å²) in [6.07, 6.45) is 0. The molecule has 1 aromatic carbocycles. The number of benzene rings is 1. The van der Waals surface area contributed by atoms with Crippen LogP contribution in [0.2, 0.25) is 0 Å². The number of aryl methyl sites for hydroxylation is 1. The molecule has 4 rings (SSSR count). The average Bonchev–Trinajstić information content (AvgIpc) is 3.36. The van der Waals surface area contributed by atoms with Crippen molar-refractivity contribution in [2.24, 2.45) is 0 Å². The first-order valence-electron chi connectivity index (χ1n) is 9.84. The van der Waals surface area contributed by atoms with E-state index in [-0.39, 0.29) is 23.5 Å². The molecule has 2 aromatic heterocycles. The van der Waals surface area contributed by atoms with Gasteiger partial charge in [-0.15, -0.1) is 23.1 Å². The summed E-state index contributed by atoms with van der Waals surface area (Å²) >= 11 is 3.11. The van der Waals surface area contributed by atoms with Gasteiger partial charge in [0.1, 0.15) is 0 Å². The second-order valence-electron chi connectivity index (χ2n) is 7.41. The zero-order valence-corrected chi connectivity index (χ0v) is 19.1. The first kappa shape index (κ1) is 21.4. The highest BCUT2D eigenvalue weighted by Gasteiger charge is 2.24. The number of anilines is 1. The minimum Gasteiger partial charge on any atom is -0.454 e. The maximum Gasteiger partial charge on any atom is 0.338 e. The minimum atomic E-state index is -0.596. The number of ketones is 1. The smallest absolute Gasteiger partial charge is 0.338 e. The summed E-state index contributed by atoms with van der Waals surface area (Å²) in [6, 6.07) is 10.9. The van der Waals surface area contributed by atoms with Gasteiger partial charge in [-0.25, -0.2) is 4.79 Å². The zero-order chi connectivity index (χ0) is 22.1. The van der Waals surface area contributed by atoms with Crippen molar-refractivity contribution < 1.29 is 19.1 Å². The molecule has 0 bridgehead atoms. The van der Waals surface area contributed by atoms with Crippen LogP contribution in [0, 0.1) is 13.8 Å². The number of fused-ring (bicyclic) bond motifs is 1. The zero-order valence-electron chi connectivity index (χ0n) is 17.4. The van der Waals surface area contributed by atoms with Crippen molar-refractivity contribution in [1.29, 1.82) is 0 Å². The molecule has 1 amide bonds. The highest BCUT2D eigenvalue weighted by molar-refractivity contribution is 8.00. The molecule has 0 aliphatic carbocycles. The second-order valence-corrected chi connectivity index (χ2v) is 9.82. The van der Waals surface area contributed by atoms with Gasteiger partial charge in [0.15, 0.2) is 6.61 Å². The highest BCUT2D eigenvalue weighted by Crippen LogP contribution is 2.36. The number of hydrogen-bond acceptors (Lipinski definition) is 6. The van der Waals surface area contributed by atoms with Gasteiger partial charge in [-0.3, -0.25) is 9.59 Å². The molecule has 1 N–H and O–H groups in total. The van der Waals surface area contributed by atoms with E-state index in [1.165, 1.54) is 16.6 Å². The number of nitrogens with one attached hydrogen (secondary N) is 1. The molecule has 0 saturated heterocycles. The van der Waals surface area contributed by atoms with Crippen LogP contribution in [0.25, 0.3) is 0 Å². The number of aromatic nitrogens is 1. The van der Waals surface area contributed by atoms with Crippen molar-refractivity contribution in [1.82, 2.24) is 4.57 Å². The first-order valence-corrected chi connectivity index (χ1v) is 11.6. The third-order valence-electron chi connectivity index (χ3n) is 5.25. The number of carbonyl (C=O) groups is 3. The lowest BCUT2D eigenvalue weighted by Gasteiger charge is -2.21. The number of amides is 1. The maximum absolute atomic E-state index is 12.7.